The van der Waals surface area contributed by atoms with Crippen molar-refractivity contribution in [3.05, 3.63) is 66.2 Å². The Hall–Kier alpha value is -2.62. The van der Waals surface area contributed by atoms with E-state index in [0.717, 1.165) is 11.3 Å². The molecule has 0 radical (unpaired) electrons. The molecule has 3 rings (SSSR count). The molecule has 0 saturated heterocycles. The Kier molecular flexibility index (Phi) is 3.21. The molecule has 0 unspecified atom stereocenters. The van der Waals surface area contributed by atoms with Gasteiger partial charge in [0.1, 0.15) is 0 Å². The maximum absolute atomic E-state index is 12.0. The summed E-state index contributed by atoms with van der Waals surface area (Å²) < 4.78 is 5.70. The fraction of sp³-hybridized carbons (Fsp3) is 0.125. The molecule has 0 N–H and O–H groups in total. The lowest BCUT2D eigenvalue weighted by Crippen LogP contribution is -2.26. The summed E-state index contributed by atoms with van der Waals surface area (Å²) in [6, 6.07) is 19.4. The average molecular weight is 266 g/mol. The van der Waals surface area contributed by atoms with Crippen LogP contribution < -0.4 is 4.90 Å². The van der Waals surface area contributed by atoms with Gasteiger partial charge in [-0.25, -0.2) is 0 Å². The van der Waals surface area contributed by atoms with Gasteiger partial charge in [0.05, 0.1) is 0 Å². The van der Waals surface area contributed by atoms with E-state index < -0.39 is 6.10 Å². The SMILES string of the molecule is CN(C1=NC(=O)[C@H](c2ccccc2)O1)c1ccccc1. The van der Waals surface area contributed by atoms with E-state index in [1.165, 1.54) is 0 Å². The van der Waals surface area contributed by atoms with Crippen LogP contribution in [0.3, 0.4) is 0 Å². The molecule has 4 heteroatoms. The molecule has 1 heterocycles. The van der Waals surface area contributed by atoms with Gasteiger partial charge in [-0.15, -0.1) is 0 Å². The van der Waals surface area contributed by atoms with Gasteiger partial charge in [-0.05, 0) is 12.1 Å². The molecule has 0 saturated carbocycles. The van der Waals surface area contributed by atoms with Crippen molar-refractivity contribution in [3.63, 3.8) is 0 Å². The van der Waals surface area contributed by atoms with Gasteiger partial charge in [-0.2, -0.15) is 4.99 Å². The summed E-state index contributed by atoms with van der Waals surface area (Å²) in [4.78, 5) is 17.8. The van der Waals surface area contributed by atoms with Crippen LogP contribution in [0, 0.1) is 0 Å². The lowest BCUT2D eigenvalue weighted by Gasteiger charge is -2.19. The molecule has 100 valence electrons. The van der Waals surface area contributed by atoms with Crippen molar-refractivity contribution in [2.45, 2.75) is 6.10 Å². The standard InChI is InChI=1S/C16H14N2O2/c1-18(13-10-6-3-7-11-13)16-17-15(19)14(20-16)12-8-4-2-5-9-12/h2-11,14H,1H3/t14-/m0/s1. The van der Waals surface area contributed by atoms with Crippen LogP contribution >= 0.6 is 0 Å². The molecule has 20 heavy (non-hydrogen) atoms. The van der Waals surface area contributed by atoms with Crippen molar-refractivity contribution in [2.24, 2.45) is 4.99 Å². The molecule has 1 atom stereocenters. The van der Waals surface area contributed by atoms with Crippen molar-refractivity contribution in [1.29, 1.82) is 0 Å². The Balaban J connectivity index is 1.81. The van der Waals surface area contributed by atoms with Crippen molar-refractivity contribution in [1.82, 2.24) is 0 Å². The third-order valence-electron chi connectivity index (χ3n) is 3.19. The summed E-state index contributed by atoms with van der Waals surface area (Å²) in [5.74, 6) is -0.269. The molecule has 2 aromatic rings. The van der Waals surface area contributed by atoms with Crippen molar-refractivity contribution in [3.8, 4) is 0 Å². The number of rotatable bonds is 2. The quantitative estimate of drug-likeness (QED) is 0.839. The number of carbonyl (C=O) groups is 1. The zero-order valence-corrected chi connectivity index (χ0v) is 11.1. The number of benzene rings is 2. The summed E-state index contributed by atoms with van der Waals surface area (Å²) in [6.07, 6.45) is -0.641. The maximum Gasteiger partial charge on any atom is 0.300 e. The van der Waals surface area contributed by atoms with Crippen LogP contribution in [0.4, 0.5) is 5.69 Å². The number of ether oxygens (including phenoxy) is 1. The number of anilines is 1. The monoisotopic (exact) mass is 266 g/mol. The van der Waals surface area contributed by atoms with Gasteiger partial charge >= 0.3 is 6.02 Å². The first-order valence-electron chi connectivity index (χ1n) is 6.38. The Labute approximate surface area is 117 Å². The largest absolute Gasteiger partial charge is 0.446 e. The minimum absolute atomic E-state index is 0.269. The van der Waals surface area contributed by atoms with E-state index in [2.05, 4.69) is 4.99 Å². The number of hydrogen-bond acceptors (Lipinski definition) is 3. The first-order chi connectivity index (χ1) is 9.75. The van der Waals surface area contributed by atoms with Gasteiger partial charge in [0.2, 0.25) is 6.10 Å². The minimum Gasteiger partial charge on any atom is -0.446 e. The highest BCUT2D eigenvalue weighted by molar-refractivity contribution is 6.05. The first-order valence-corrected chi connectivity index (χ1v) is 6.38. The fourth-order valence-electron chi connectivity index (χ4n) is 2.09. The lowest BCUT2D eigenvalue weighted by atomic mass is 10.1. The molecule has 0 spiro atoms. The van der Waals surface area contributed by atoms with E-state index in [1.807, 2.05) is 67.7 Å². The molecule has 0 fully saturated rings. The highest BCUT2D eigenvalue weighted by Crippen LogP contribution is 2.26. The third-order valence-corrected chi connectivity index (χ3v) is 3.19. The second-order valence-corrected chi connectivity index (χ2v) is 4.54. The summed E-state index contributed by atoms with van der Waals surface area (Å²) in [5, 5.41) is 0. The highest BCUT2D eigenvalue weighted by atomic mass is 16.5. The molecule has 0 bridgehead atoms. The van der Waals surface area contributed by atoms with Crippen molar-refractivity contribution < 1.29 is 9.53 Å². The number of amidine groups is 1. The number of para-hydroxylation sites is 1. The Morgan fingerprint density at radius 2 is 1.60 bits per heavy atom. The van der Waals surface area contributed by atoms with Gasteiger partial charge < -0.3 is 4.74 Å². The Bertz CT molecular complexity index is 638. The molecule has 4 nitrogen and oxygen atoms in total. The van der Waals surface area contributed by atoms with Crippen LogP contribution in [0.15, 0.2) is 65.7 Å². The Morgan fingerprint density at radius 1 is 1.00 bits per heavy atom. The molecule has 2 aromatic carbocycles. The topological polar surface area (TPSA) is 41.9 Å². The second kappa shape index (κ2) is 5.17. The third kappa shape index (κ3) is 2.28. The summed E-state index contributed by atoms with van der Waals surface area (Å²) in [7, 11) is 1.83. The number of hydrogen-bond donors (Lipinski definition) is 0. The van der Waals surface area contributed by atoms with Gasteiger partial charge in [-0.1, -0.05) is 48.5 Å². The molecular weight excluding hydrogens is 252 g/mol. The molecule has 1 aliphatic rings. The van der Waals surface area contributed by atoms with Gasteiger partial charge in [-0.3, -0.25) is 9.69 Å². The predicted molar refractivity (Wildman–Crippen MR) is 77.6 cm³/mol. The maximum atomic E-state index is 12.0. The number of aliphatic imine (C=N–C) groups is 1. The molecular formula is C16H14N2O2. The van der Waals surface area contributed by atoms with E-state index in [0.29, 0.717) is 6.02 Å². The summed E-state index contributed by atoms with van der Waals surface area (Å²) in [6.45, 7) is 0. The lowest BCUT2D eigenvalue weighted by molar-refractivity contribution is -0.122. The van der Waals surface area contributed by atoms with E-state index >= 15 is 0 Å². The van der Waals surface area contributed by atoms with Gasteiger partial charge in [0.25, 0.3) is 5.91 Å². The van der Waals surface area contributed by atoms with E-state index in [1.54, 1.807) is 4.90 Å². The zero-order chi connectivity index (χ0) is 13.9. The molecule has 0 aromatic heterocycles. The molecule has 1 amide bonds. The van der Waals surface area contributed by atoms with E-state index in [-0.39, 0.29) is 5.91 Å². The zero-order valence-electron chi connectivity index (χ0n) is 11.1. The van der Waals surface area contributed by atoms with Crippen LogP contribution in [-0.2, 0) is 9.53 Å². The van der Waals surface area contributed by atoms with Crippen LogP contribution in [0.1, 0.15) is 11.7 Å². The smallest absolute Gasteiger partial charge is 0.300 e. The minimum atomic E-state index is -0.641. The highest BCUT2D eigenvalue weighted by Gasteiger charge is 2.32. The Morgan fingerprint density at radius 3 is 2.25 bits per heavy atom. The number of carbonyl (C=O) groups excluding carboxylic acids is 1. The van der Waals surface area contributed by atoms with Crippen LogP contribution in [0.2, 0.25) is 0 Å². The van der Waals surface area contributed by atoms with Crippen LogP contribution in [0.5, 0.6) is 0 Å². The first kappa shape index (κ1) is 12.4. The predicted octanol–water partition coefficient (Wildman–Crippen LogP) is 2.78. The van der Waals surface area contributed by atoms with E-state index in [9.17, 15) is 4.79 Å². The normalized spacial score (nSPS) is 17.6. The van der Waals surface area contributed by atoms with Gasteiger partial charge in [0, 0.05) is 18.3 Å². The van der Waals surface area contributed by atoms with E-state index in [4.69, 9.17) is 4.74 Å². The molecule has 0 aliphatic carbocycles. The van der Waals surface area contributed by atoms with Crippen molar-refractivity contribution >= 4 is 17.6 Å². The number of amides is 1. The molecule has 1 aliphatic heterocycles. The second-order valence-electron chi connectivity index (χ2n) is 4.54. The fourth-order valence-corrected chi connectivity index (χ4v) is 2.09. The van der Waals surface area contributed by atoms with Crippen LogP contribution in [-0.4, -0.2) is 19.0 Å². The average Bonchev–Trinajstić information content (AvgIpc) is 2.90. The van der Waals surface area contributed by atoms with Gasteiger partial charge in [0.15, 0.2) is 0 Å². The van der Waals surface area contributed by atoms with Crippen LogP contribution in [0.25, 0.3) is 0 Å². The summed E-state index contributed by atoms with van der Waals surface area (Å²) >= 11 is 0. The summed E-state index contributed by atoms with van der Waals surface area (Å²) in [5.41, 5.74) is 1.74. The van der Waals surface area contributed by atoms with Crippen molar-refractivity contribution in [2.75, 3.05) is 11.9 Å². The number of nitrogens with zero attached hydrogens (tertiary/aromatic N) is 2.